The number of carbonyl (C=O) groups is 1. The van der Waals surface area contributed by atoms with Gasteiger partial charge in [0.2, 0.25) is 5.91 Å². The molecule has 0 radical (unpaired) electrons. The topological polar surface area (TPSA) is 69.8 Å². The number of rotatable bonds is 2. The number of hydrogen-bond donors (Lipinski definition) is 3. The van der Waals surface area contributed by atoms with Crippen LogP contribution in [0.2, 0.25) is 0 Å². The monoisotopic (exact) mass is 180 g/mol. The number of hydrogen-bond acceptors (Lipinski definition) is 3. The summed E-state index contributed by atoms with van der Waals surface area (Å²) < 4.78 is 0. The molecule has 1 aliphatic rings. The molecule has 2 rings (SSSR count). The normalized spacial score (nSPS) is 21.7. The molecule has 0 spiro atoms. The molecule has 13 heavy (non-hydrogen) atoms. The highest BCUT2D eigenvalue weighted by Gasteiger charge is 2.21. The second-order valence-corrected chi connectivity index (χ2v) is 3.11. The third-order valence-corrected chi connectivity index (χ3v) is 2.14. The molecule has 1 atom stereocenters. The van der Waals surface area contributed by atoms with E-state index in [0.29, 0.717) is 5.82 Å². The number of carbonyl (C=O) groups excluding carboxylic acids is 1. The molecule has 1 aliphatic heterocycles. The van der Waals surface area contributed by atoms with Crippen molar-refractivity contribution in [2.75, 3.05) is 11.9 Å². The number of amides is 1. The Bertz CT molecular complexity index is 276. The number of H-pyrrole nitrogens is 1. The van der Waals surface area contributed by atoms with Gasteiger partial charge < -0.3 is 10.6 Å². The van der Waals surface area contributed by atoms with E-state index >= 15 is 0 Å². The maximum atomic E-state index is 11.5. The van der Waals surface area contributed by atoms with E-state index in [9.17, 15) is 4.79 Å². The quantitative estimate of drug-likeness (QED) is 0.604. The fraction of sp³-hybridized carbons (Fsp3) is 0.500. The van der Waals surface area contributed by atoms with Gasteiger partial charge in [-0.25, -0.2) is 0 Å². The molecular formula is C8H12N4O. The molecule has 70 valence electrons. The fourth-order valence-corrected chi connectivity index (χ4v) is 1.45. The first-order chi connectivity index (χ1) is 6.36. The van der Waals surface area contributed by atoms with Crippen molar-refractivity contribution in [3.8, 4) is 0 Å². The summed E-state index contributed by atoms with van der Waals surface area (Å²) in [6.07, 6.45) is 3.60. The third-order valence-electron chi connectivity index (χ3n) is 2.14. The van der Waals surface area contributed by atoms with Crippen LogP contribution in [0.5, 0.6) is 0 Å². The highest BCUT2D eigenvalue weighted by molar-refractivity contribution is 5.94. The zero-order chi connectivity index (χ0) is 9.10. The van der Waals surface area contributed by atoms with Crippen LogP contribution in [0.25, 0.3) is 0 Å². The molecule has 5 heteroatoms. The van der Waals surface area contributed by atoms with Crippen molar-refractivity contribution >= 4 is 11.7 Å². The molecule has 3 N–H and O–H groups in total. The number of nitrogens with one attached hydrogen (secondary N) is 3. The molecule has 1 aromatic heterocycles. The molecule has 0 aromatic carbocycles. The highest BCUT2D eigenvalue weighted by Crippen LogP contribution is 2.07. The molecule has 1 amide bonds. The average Bonchev–Trinajstić information content (AvgIpc) is 2.74. The van der Waals surface area contributed by atoms with Gasteiger partial charge in [0.05, 0.1) is 12.2 Å². The molecule has 1 fully saturated rings. The molecule has 0 bridgehead atoms. The van der Waals surface area contributed by atoms with Gasteiger partial charge in [-0.1, -0.05) is 0 Å². The maximum absolute atomic E-state index is 11.5. The number of nitrogens with zero attached hydrogens (tertiary/aromatic N) is 1. The van der Waals surface area contributed by atoms with E-state index < -0.39 is 0 Å². The van der Waals surface area contributed by atoms with Crippen molar-refractivity contribution in [2.24, 2.45) is 0 Å². The second kappa shape index (κ2) is 3.57. The van der Waals surface area contributed by atoms with E-state index in [-0.39, 0.29) is 11.9 Å². The van der Waals surface area contributed by atoms with Crippen molar-refractivity contribution < 1.29 is 4.79 Å². The van der Waals surface area contributed by atoms with E-state index in [1.807, 2.05) is 0 Å². The minimum atomic E-state index is -0.0386. The first-order valence-corrected chi connectivity index (χ1v) is 4.40. The highest BCUT2D eigenvalue weighted by atomic mass is 16.2. The molecule has 0 saturated carbocycles. The minimum Gasteiger partial charge on any atom is -0.310 e. The predicted molar refractivity (Wildman–Crippen MR) is 48.2 cm³/mol. The smallest absolute Gasteiger partial charge is 0.242 e. The van der Waals surface area contributed by atoms with Crippen LogP contribution < -0.4 is 10.6 Å². The number of aromatic amines is 1. The minimum absolute atomic E-state index is 0.0155. The van der Waals surface area contributed by atoms with Gasteiger partial charge in [-0.2, -0.15) is 5.10 Å². The van der Waals surface area contributed by atoms with Crippen LogP contribution in [0.15, 0.2) is 12.3 Å². The Morgan fingerprint density at radius 3 is 3.23 bits per heavy atom. The first-order valence-electron chi connectivity index (χ1n) is 4.40. The summed E-state index contributed by atoms with van der Waals surface area (Å²) in [4.78, 5) is 11.5. The summed E-state index contributed by atoms with van der Waals surface area (Å²) in [5.74, 6) is 0.667. The van der Waals surface area contributed by atoms with Crippen molar-refractivity contribution in [3.05, 3.63) is 12.3 Å². The van der Waals surface area contributed by atoms with Gasteiger partial charge in [-0.15, -0.1) is 0 Å². The van der Waals surface area contributed by atoms with Gasteiger partial charge in [0.15, 0.2) is 0 Å². The Morgan fingerprint density at radius 1 is 1.69 bits per heavy atom. The molecule has 1 aromatic rings. The average molecular weight is 180 g/mol. The molecule has 0 unspecified atom stereocenters. The largest absolute Gasteiger partial charge is 0.310 e. The van der Waals surface area contributed by atoms with Crippen molar-refractivity contribution in [1.29, 1.82) is 0 Å². The zero-order valence-corrected chi connectivity index (χ0v) is 7.21. The van der Waals surface area contributed by atoms with Crippen molar-refractivity contribution in [2.45, 2.75) is 18.9 Å². The van der Waals surface area contributed by atoms with Gasteiger partial charge in [0.1, 0.15) is 5.82 Å². The predicted octanol–water partition coefficient (Wildman–Crippen LogP) is 0.100. The standard InChI is InChI=1S/C8H12N4O/c13-8(6-2-1-4-9-6)11-7-3-5-10-12-7/h3,5-6,9H,1-2,4H2,(H2,10,11,12,13)/t6-/m1/s1. The Hall–Kier alpha value is -1.36. The molecular weight excluding hydrogens is 168 g/mol. The summed E-state index contributed by atoms with van der Waals surface area (Å²) in [5.41, 5.74) is 0. The lowest BCUT2D eigenvalue weighted by Gasteiger charge is -2.08. The SMILES string of the molecule is O=C(Nc1ccn[nH]1)[C@H]1CCCN1. The summed E-state index contributed by atoms with van der Waals surface area (Å²) >= 11 is 0. The van der Waals surface area contributed by atoms with Crippen LogP contribution in [0, 0.1) is 0 Å². The maximum Gasteiger partial charge on any atom is 0.242 e. The van der Waals surface area contributed by atoms with Gasteiger partial charge in [0.25, 0.3) is 0 Å². The van der Waals surface area contributed by atoms with E-state index in [1.165, 1.54) is 0 Å². The summed E-state index contributed by atoms with van der Waals surface area (Å²) in [6.45, 7) is 0.932. The van der Waals surface area contributed by atoms with Gasteiger partial charge in [-0.3, -0.25) is 9.89 Å². The van der Waals surface area contributed by atoms with Crippen LogP contribution in [-0.4, -0.2) is 28.7 Å². The Labute approximate surface area is 75.9 Å². The van der Waals surface area contributed by atoms with Crippen LogP contribution in [0.3, 0.4) is 0 Å². The van der Waals surface area contributed by atoms with Gasteiger partial charge >= 0.3 is 0 Å². The molecule has 2 heterocycles. The lowest BCUT2D eigenvalue weighted by Crippen LogP contribution is -2.35. The van der Waals surface area contributed by atoms with Crippen LogP contribution in [0.1, 0.15) is 12.8 Å². The molecule has 5 nitrogen and oxygen atoms in total. The first kappa shape index (κ1) is 8.25. The number of aromatic nitrogens is 2. The lowest BCUT2D eigenvalue weighted by atomic mass is 10.2. The Balaban J connectivity index is 1.91. The fourth-order valence-electron chi connectivity index (χ4n) is 1.45. The Kier molecular flexibility index (Phi) is 2.27. The van der Waals surface area contributed by atoms with Crippen LogP contribution >= 0.6 is 0 Å². The number of anilines is 1. The van der Waals surface area contributed by atoms with Crippen molar-refractivity contribution in [1.82, 2.24) is 15.5 Å². The molecule has 0 aliphatic carbocycles. The summed E-state index contributed by atoms with van der Waals surface area (Å²) in [7, 11) is 0. The van der Waals surface area contributed by atoms with Crippen molar-refractivity contribution in [3.63, 3.8) is 0 Å². The van der Waals surface area contributed by atoms with E-state index in [0.717, 1.165) is 19.4 Å². The zero-order valence-electron chi connectivity index (χ0n) is 7.21. The van der Waals surface area contributed by atoms with E-state index in [1.54, 1.807) is 12.3 Å². The Morgan fingerprint density at radius 2 is 2.62 bits per heavy atom. The molecule has 1 saturated heterocycles. The summed E-state index contributed by atoms with van der Waals surface area (Å²) in [5, 5.41) is 12.3. The third kappa shape index (κ3) is 1.86. The van der Waals surface area contributed by atoms with Crippen LogP contribution in [0.4, 0.5) is 5.82 Å². The lowest BCUT2D eigenvalue weighted by molar-refractivity contribution is -0.117. The van der Waals surface area contributed by atoms with E-state index in [4.69, 9.17) is 0 Å². The van der Waals surface area contributed by atoms with Crippen LogP contribution in [-0.2, 0) is 4.79 Å². The van der Waals surface area contributed by atoms with Gasteiger partial charge in [0, 0.05) is 6.07 Å². The van der Waals surface area contributed by atoms with E-state index in [2.05, 4.69) is 20.8 Å². The second-order valence-electron chi connectivity index (χ2n) is 3.11. The van der Waals surface area contributed by atoms with Gasteiger partial charge in [-0.05, 0) is 19.4 Å². The summed E-state index contributed by atoms with van der Waals surface area (Å²) in [6, 6.07) is 1.69.